The number of hydrogen-bond acceptors (Lipinski definition) is 3. The maximum absolute atomic E-state index is 12.0. The van der Waals surface area contributed by atoms with Gasteiger partial charge in [0.15, 0.2) is 0 Å². The molecule has 0 aromatic carbocycles. The van der Waals surface area contributed by atoms with Crippen molar-refractivity contribution in [2.24, 2.45) is 13.0 Å². The highest BCUT2D eigenvalue weighted by Crippen LogP contribution is 2.31. The molecule has 0 spiro atoms. The molecule has 1 aromatic rings. The fourth-order valence-electron chi connectivity index (χ4n) is 2.65. The molecule has 1 aliphatic carbocycles. The molecule has 5 heteroatoms. The van der Waals surface area contributed by atoms with E-state index < -0.39 is 5.54 Å². The van der Waals surface area contributed by atoms with Crippen LogP contribution in [0.2, 0.25) is 0 Å². The third-order valence-corrected chi connectivity index (χ3v) is 4.19. The van der Waals surface area contributed by atoms with Gasteiger partial charge in [0.2, 0.25) is 5.91 Å². The lowest BCUT2D eigenvalue weighted by Crippen LogP contribution is -2.52. The molecule has 0 unspecified atom stereocenters. The summed E-state index contributed by atoms with van der Waals surface area (Å²) in [6.07, 6.45) is 8.71. The quantitative estimate of drug-likeness (QED) is 0.819. The lowest BCUT2D eigenvalue weighted by atomic mass is 9.77. The van der Waals surface area contributed by atoms with Gasteiger partial charge in [-0.1, -0.05) is 6.92 Å². The fraction of sp³-hybridized carbons (Fsp3) is 0.600. The van der Waals surface area contributed by atoms with E-state index >= 15 is 0 Å². The highest BCUT2D eigenvalue weighted by molar-refractivity contribution is 5.92. The first-order valence-electron chi connectivity index (χ1n) is 7.14. The first-order chi connectivity index (χ1) is 9.54. The van der Waals surface area contributed by atoms with Gasteiger partial charge in [-0.25, -0.2) is 0 Å². The molecule has 5 nitrogen and oxygen atoms in total. The number of aromatic nitrogens is 2. The summed E-state index contributed by atoms with van der Waals surface area (Å²) in [7, 11) is 1.83. The molecule has 2 N–H and O–H groups in total. The van der Waals surface area contributed by atoms with Crippen LogP contribution in [0.3, 0.4) is 0 Å². The number of rotatable bonds is 4. The van der Waals surface area contributed by atoms with E-state index in [-0.39, 0.29) is 12.5 Å². The Kier molecular flexibility index (Phi) is 4.60. The van der Waals surface area contributed by atoms with Crippen LogP contribution in [0.1, 0.15) is 38.3 Å². The average Bonchev–Trinajstić information content (AvgIpc) is 2.85. The van der Waals surface area contributed by atoms with Crippen LogP contribution in [0.25, 0.3) is 6.08 Å². The summed E-state index contributed by atoms with van der Waals surface area (Å²) in [5, 5.41) is 16.6. The van der Waals surface area contributed by atoms with Crippen LogP contribution in [-0.4, -0.2) is 32.9 Å². The highest BCUT2D eigenvalue weighted by Gasteiger charge is 2.34. The molecule has 110 valence electrons. The Morgan fingerprint density at radius 2 is 2.30 bits per heavy atom. The second kappa shape index (κ2) is 6.22. The van der Waals surface area contributed by atoms with Crippen molar-refractivity contribution in [1.82, 2.24) is 15.1 Å². The average molecular weight is 277 g/mol. The standard InChI is InChI=1S/C15H23N3O2/c1-12-5-8-15(11-19,9-6-12)17-14(20)4-3-13-7-10-16-18(13)2/h3-4,7,10,12,19H,5-6,8-9,11H2,1-2H3,(H,17,20). The van der Waals surface area contributed by atoms with E-state index in [4.69, 9.17) is 0 Å². The van der Waals surface area contributed by atoms with E-state index in [1.807, 2.05) is 13.1 Å². The topological polar surface area (TPSA) is 67.2 Å². The Bertz CT molecular complexity index is 485. The van der Waals surface area contributed by atoms with Crippen molar-refractivity contribution in [3.63, 3.8) is 0 Å². The van der Waals surface area contributed by atoms with Gasteiger partial charge in [0.25, 0.3) is 0 Å². The minimum Gasteiger partial charge on any atom is -0.394 e. The SMILES string of the molecule is CC1CCC(CO)(NC(=O)C=Cc2ccnn2C)CC1. The van der Waals surface area contributed by atoms with E-state index in [1.54, 1.807) is 17.0 Å². The largest absolute Gasteiger partial charge is 0.394 e. The summed E-state index contributed by atoms with van der Waals surface area (Å²) in [6, 6.07) is 1.84. The van der Waals surface area contributed by atoms with Crippen molar-refractivity contribution in [1.29, 1.82) is 0 Å². The van der Waals surface area contributed by atoms with Crippen molar-refractivity contribution in [2.75, 3.05) is 6.61 Å². The van der Waals surface area contributed by atoms with Crippen molar-refractivity contribution in [2.45, 2.75) is 38.1 Å². The van der Waals surface area contributed by atoms with Crippen LogP contribution in [0, 0.1) is 5.92 Å². The van der Waals surface area contributed by atoms with Crippen LogP contribution in [-0.2, 0) is 11.8 Å². The summed E-state index contributed by atoms with van der Waals surface area (Å²) in [5.41, 5.74) is 0.427. The summed E-state index contributed by atoms with van der Waals surface area (Å²) >= 11 is 0. The number of aliphatic hydroxyl groups excluding tert-OH is 1. The predicted octanol–water partition coefficient (Wildman–Crippen LogP) is 1.49. The predicted molar refractivity (Wildman–Crippen MR) is 77.8 cm³/mol. The van der Waals surface area contributed by atoms with Crippen LogP contribution in [0.5, 0.6) is 0 Å². The van der Waals surface area contributed by atoms with E-state index in [9.17, 15) is 9.90 Å². The van der Waals surface area contributed by atoms with E-state index in [1.165, 1.54) is 6.08 Å². The first-order valence-corrected chi connectivity index (χ1v) is 7.14. The number of aliphatic hydroxyl groups is 1. The number of carbonyl (C=O) groups is 1. The van der Waals surface area contributed by atoms with E-state index in [2.05, 4.69) is 17.3 Å². The lowest BCUT2D eigenvalue weighted by Gasteiger charge is -2.38. The second-order valence-corrected chi connectivity index (χ2v) is 5.82. The molecule has 1 amide bonds. The molecule has 1 saturated carbocycles. The minimum absolute atomic E-state index is 0.00497. The number of nitrogens with one attached hydrogen (secondary N) is 1. The second-order valence-electron chi connectivity index (χ2n) is 5.82. The molecule has 0 bridgehead atoms. The number of hydrogen-bond donors (Lipinski definition) is 2. The summed E-state index contributed by atoms with van der Waals surface area (Å²) in [5.74, 6) is 0.520. The summed E-state index contributed by atoms with van der Waals surface area (Å²) in [6.45, 7) is 2.22. The third-order valence-electron chi connectivity index (χ3n) is 4.19. The molecule has 0 saturated heterocycles. The van der Waals surface area contributed by atoms with Crippen molar-refractivity contribution >= 4 is 12.0 Å². The molecule has 0 aliphatic heterocycles. The molecule has 2 rings (SSSR count). The zero-order valence-corrected chi connectivity index (χ0v) is 12.2. The molecule has 1 fully saturated rings. The monoisotopic (exact) mass is 277 g/mol. The molecular formula is C15H23N3O2. The molecule has 1 heterocycles. The Hall–Kier alpha value is -1.62. The Morgan fingerprint density at radius 3 is 2.85 bits per heavy atom. The van der Waals surface area contributed by atoms with Gasteiger partial charge in [-0.05, 0) is 43.7 Å². The normalized spacial score (nSPS) is 26.9. The van der Waals surface area contributed by atoms with Crippen LogP contribution in [0.4, 0.5) is 0 Å². The van der Waals surface area contributed by atoms with Crippen LogP contribution in [0.15, 0.2) is 18.3 Å². The maximum atomic E-state index is 12.0. The first kappa shape index (κ1) is 14.8. The molecule has 1 aromatic heterocycles. The fourth-order valence-corrected chi connectivity index (χ4v) is 2.65. The molecular weight excluding hydrogens is 254 g/mol. The molecule has 20 heavy (non-hydrogen) atoms. The van der Waals surface area contributed by atoms with Gasteiger partial charge in [0.05, 0.1) is 17.8 Å². The van der Waals surface area contributed by atoms with Crippen molar-refractivity contribution < 1.29 is 9.90 Å². The zero-order chi connectivity index (χ0) is 14.6. The number of nitrogens with zero attached hydrogens (tertiary/aromatic N) is 2. The Labute approximate surface area is 119 Å². The van der Waals surface area contributed by atoms with Gasteiger partial charge in [0, 0.05) is 19.3 Å². The van der Waals surface area contributed by atoms with E-state index in [0.29, 0.717) is 5.92 Å². The smallest absolute Gasteiger partial charge is 0.244 e. The van der Waals surface area contributed by atoms with Gasteiger partial charge in [-0.2, -0.15) is 5.10 Å². The maximum Gasteiger partial charge on any atom is 0.244 e. The van der Waals surface area contributed by atoms with Gasteiger partial charge < -0.3 is 10.4 Å². The van der Waals surface area contributed by atoms with Crippen LogP contribution >= 0.6 is 0 Å². The van der Waals surface area contributed by atoms with Gasteiger partial charge in [-0.3, -0.25) is 9.48 Å². The van der Waals surface area contributed by atoms with Crippen LogP contribution < -0.4 is 5.32 Å². The minimum atomic E-state index is -0.444. The van der Waals surface area contributed by atoms with E-state index in [0.717, 1.165) is 31.4 Å². The van der Waals surface area contributed by atoms with Crippen molar-refractivity contribution in [3.8, 4) is 0 Å². The van der Waals surface area contributed by atoms with Gasteiger partial charge in [0.1, 0.15) is 0 Å². The zero-order valence-electron chi connectivity index (χ0n) is 12.2. The Morgan fingerprint density at radius 1 is 1.60 bits per heavy atom. The molecule has 1 aliphatic rings. The van der Waals surface area contributed by atoms with Gasteiger partial charge in [-0.15, -0.1) is 0 Å². The summed E-state index contributed by atoms with van der Waals surface area (Å²) < 4.78 is 1.70. The highest BCUT2D eigenvalue weighted by atomic mass is 16.3. The Balaban J connectivity index is 1.96. The summed E-state index contributed by atoms with van der Waals surface area (Å²) in [4.78, 5) is 12.0. The number of aryl methyl sites for hydroxylation is 1. The van der Waals surface area contributed by atoms with Gasteiger partial charge >= 0.3 is 0 Å². The third kappa shape index (κ3) is 3.48. The molecule has 0 atom stereocenters. The number of amides is 1. The number of carbonyl (C=O) groups excluding carboxylic acids is 1. The van der Waals surface area contributed by atoms with Crippen molar-refractivity contribution in [3.05, 3.63) is 24.0 Å². The lowest BCUT2D eigenvalue weighted by molar-refractivity contribution is -0.119. The molecule has 0 radical (unpaired) electrons.